The molecule has 120 valence electrons. The monoisotopic (exact) mass is 323 g/mol. The Hall–Kier alpha value is -1.75. The summed E-state index contributed by atoms with van der Waals surface area (Å²) >= 11 is 6.25. The zero-order valence-electron chi connectivity index (χ0n) is 13.1. The Morgan fingerprint density at radius 2 is 1.95 bits per heavy atom. The lowest BCUT2D eigenvalue weighted by Gasteiger charge is -2.21. The highest BCUT2D eigenvalue weighted by molar-refractivity contribution is 6.31. The summed E-state index contributed by atoms with van der Waals surface area (Å²) in [5.74, 6) is -0.137. The molecule has 2 N–H and O–H groups in total. The second kappa shape index (κ2) is 6.57. The minimum absolute atomic E-state index is 0.0650. The van der Waals surface area contributed by atoms with Gasteiger partial charge in [-0.3, -0.25) is 4.79 Å². The highest BCUT2D eigenvalue weighted by Gasteiger charge is 2.45. The first-order valence-electron chi connectivity index (χ1n) is 7.36. The molecule has 0 radical (unpaired) electrons. The van der Waals surface area contributed by atoms with Crippen molar-refractivity contribution in [1.82, 2.24) is 15.5 Å². The number of carbonyl (C=O) groups excluding carboxylic acids is 2. The van der Waals surface area contributed by atoms with Gasteiger partial charge in [-0.2, -0.15) is 0 Å². The minimum Gasteiger partial charge on any atom is -0.347 e. The van der Waals surface area contributed by atoms with Crippen LogP contribution in [0.1, 0.15) is 25.3 Å². The smallest absolute Gasteiger partial charge is 0.315 e. The van der Waals surface area contributed by atoms with Gasteiger partial charge in [0.25, 0.3) is 0 Å². The zero-order valence-corrected chi connectivity index (χ0v) is 13.9. The Labute approximate surface area is 136 Å². The molecule has 1 aromatic carbocycles. The van der Waals surface area contributed by atoms with Crippen molar-refractivity contribution < 1.29 is 9.59 Å². The van der Waals surface area contributed by atoms with E-state index in [1.54, 1.807) is 21.0 Å². The van der Waals surface area contributed by atoms with E-state index in [4.69, 9.17) is 11.6 Å². The third-order valence-corrected chi connectivity index (χ3v) is 4.37. The Bertz CT molecular complexity index is 570. The van der Waals surface area contributed by atoms with Gasteiger partial charge in [0, 0.05) is 31.1 Å². The molecule has 2 rings (SSSR count). The number of urea groups is 1. The van der Waals surface area contributed by atoms with Crippen molar-refractivity contribution in [2.75, 3.05) is 20.6 Å². The largest absolute Gasteiger partial charge is 0.347 e. The summed E-state index contributed by atoms with van der Waals surface area (Å²) in [6, 6.07) is 6.85. The van der Waals surface area contributed by atoms with Crippen molar-refractivity contribution in [2.24, 2.45) is 0 Å². The summed E-state index contributed by atoms with van der Waals surface area (Å²) in [5.41, 5.74) is 1.01. The average Bonchev–Trinajstić information content (AvgIpc) is 3.25. The molecule has 5 nitrogen and oxygen atoms in total. The first-order valence-corrected chi connectivity index (χ1v) is 7.74. The van der Waals surface area contributed by atoms with Gasteiger partial charge in [-0.25, -0.2) is 4.79 Å². The molecule has 22 heavy (non-hydrogen) atoms. The number of nitrogens with zero attached hydrogens (tertiary/aromatic N) is 1. The Balaban J connectivity index is 1.89. The van der Waals surface area contributed by atoms with Crippen LogP contribution in [0.25, 0.3) is 0 Å². The summed E-state index contributed by atoms with van der Waals surface area (Å²) in [4.78, 5) is 25.1. The van der Waals surface area contributed by atoms with Crippen LogP contribution < -0.4 is 10.6 Å². The van der Waals surface area contributed by atoms with Gasteiger partial charge in [-0.1, -0.05) is 29.8 Å². The standard InChI is InChI=1S/C16H22ClN3O2/c1-11(14(21)20(2)3)19-15(22)18-10-16(8-9-16)12-6-4-5-7-13(12)17/h4-7,11H,8-10H2,1-3H3,(H2,18,19,22)/t11-/m0/s1. The molecule has 1 aliphatic rings. The van der Waals surface area contributed by atoms with Crippen molar-refractivity contribution in [3.8, 4) is 0 Å². The molecule has 0 aliphatic heterocycles. The van der Waals surface area contributed by atoms with Crippen LogP contribution in [-0.4, -0.2) is 43.5 Å². The van der Waals surface area contributed by atoms with Crippen LogP contribution in [0.5, 0.6) is 0 Å². The molecule has 1 aromatic rings. The first kappa shape index (κ1) is 16.6. The van der Waals surface area contributed by atoms with Gasteiger partial charge in [0.1, 0.15) is 6.04 Å². The van der Waals surface area contributed by atoms with E-state index in [9.17, 15) is 9.59 Å². The maximum Gasteiger partial charge on any atom is 0.315 e. The van der Waals surface area contributed by atoms with E-state index in [0.717, 1.165) is 23.4 Å². The molecule has 0 aromatic heterocycles. The van der Waals surface area contributed by atoms with Gasteiger partial charge in [0.05, 0.1) is 0 Å². The number of hydrogen-bond donors (Lipinski definition) is 2. The van der Waals surface area contributed by atoms with Crippen LogP contribution in [0.3, 0.4) is 0 Å². The van der Waals surface area contributed by atoms with Gasteiger partial charge < -0.3 is 15.5 Å². The summed E-state index contributed by atoms with van der Waals surface area (Å²) in [6.45, 7) is 2.19. The minimum atomic E-state index is -0.550. The molecule has 0 unspecified atom stereocenters. The van der Waals surface area contributed by atoms with Gasteiger partial charge in [0.2, 0.25) is 5.91 Å². The molecule has 1 atom stereocenters. The third kappa shape index (κ3) is 3.71. The maximum absolute atomic E-state index is 11.9. The number of benzene rings is 1. The molecule has 0 heterocycles. The lowest BCUT2D eigenvalue weighted by atomic mass is 9.96. The van der Waals surface area contributed by atoms with Gasteiger partial charge in [0.15, 0.2) is 0 Å². The number of halogens is 1. The highest BCUT2D eigenvalue weighted by Crippen LogP contribution is 2.49. The zero-order chi connectivity index (χ0) is 16.3. The number of carbonyl (C=O) groups is 2. The molecular weight excluding hydrogens is 302 g/mol. The molecular formula is C16H22ClN3O2. The number of likely N-dealkylation sites (N-methyl/N-ethyl adjacent to an activating group) is 1. The fourth-order valence-electron chi connectivity index (χ4n) is 2.53. The van der Waals surface area contributed by atoms with Crippen molar-refractivity contribution in [3.05, 3.63) is 34.9 Å². The lowest BCUT2D eigenvalue weighted by molar-refractivity contribution is -0.130. The summed E-state index contributed by atoms with van der Waals surface area (Å²) in [6.07, 6.45) is 2.01. The molecule has 0 spiro atoms. The second-order valence-corrected chi connectivity index (χ2v) is 6.45. The predicted molar refractivity (Wildman–Crippen MR) is 87.1 cm³/mol. The fraction of sp³-hybridized carbons (Fsp3) is 0.500. The van der Waals surface area contributed by atoms with Crippen LogP contribution in [0.2, 0.25) is 5.02 Å². The first-order chi connectivity index (χ1) is 10.4. The van der Waals surface area contributed by atoms with E-state index in [-0.39, 0.29) is 17.4 Å². The number of amides is 3. The van der Waals surface area contributed by atoms with Crippen LogP contribution in [0.4, 0.5) is 4.79 Å². The average molecular weight is 324 g/mol. The Morgan fingerprint density at radius 3 is 2.50 bits per heavy atom. The van der Waals surface area contributed by atoms with Crippen LogP contribution in [0, 0.1) is 0 Å². The van der Waals surface area contributed by atoms with E-state index in [1.807, 2.05) is 24.3 Å². The molecule has 6 heteroatoms. The normalized spacial score (nSPS) is 16.5. The third-order valence-electron chi connectivity index (χ3n) is 4.04. The van der Waals surface area contributed by atoms with Gasteiger partial charge in [-0.15, -0.1) is 0 Å². The fourth-order valence-corrected chi connectivity index (χ4v) is 2.87. The summed E-state index contributed by atoms with van der Waals surface area (Å²) in [5, 5.41) is 6.24. The van der Waals surface area contributed by atoms with E-state index < -0.39 is 6.04 Å². The summed E-state index contributed by atoms with van der Waals surface area (Å²) in [7, 11) is 3.32. The van der Waals surface area contributed by atoms with Crippen molar-refractivity contribution >= 4 is 23.5 Å². The van der Waals surface area contributed by atoms with Crippen molar-refractivity contribution in [3.63, 3.8) is 0 Å². The Morgan fingerprint density at radius 1 is 1.32 bits per heavy atom. The van der Waals surface area contributed by atoms with Crippen molar-refractivity contribution in [1.29, 1.82) is 0 Å². The van der Waals surface area contributed by atoms with E-state index in [2.05, 4.69) is 10.6 Å². The van der Waals surface area contributed by atoms with Crippen molar-refractivity contribution in [2.45, 2.75) is 31.2 Å². The van der Waals surface area contributed by atoms with E-state index in [0.29, 0.717) is 6.54 Å². The summed E-state index contributed by atoms with van der Waals surface area (Å²) < 4.78 is 0. The van der Waals surface area contributed by atoms with Crippen LogP contribution in [0.15, 0.2) is 24.3 Å². The SMILES string of the molecule is C[C@H](NC(=O)NCC1(c2ccccc2Cl)CC1)C(=O)N(C)C. The molecule has 1 aliphatic carbocycles. The molecule has 1 saturated carbocycles. The second-order valence-electron chi connectivity index (χ2n) is 6.04. The number of nitrogens with one attached hydrogen (secondary N) is 2. The molecule has 0 bridgehead atoms. The topological polar surface area (TPSA) is 61.4 Å². The Kier molecular flexibility index (Phi) is 4.96. The maximum atomic E-state index is 11.9. The van der Waals surface area contributed by atoms with E-state index in [1.165, 1.54) is 4.90 Å². The van der Waals surface area contributed by atoms with Gasteiger partial charge in [-0.05, 0) is 31.4 Å². The molecule has 0 saturated heterocycles. The number of rotatable bonds is 5. The quantitative estimate of drug-likeness (QED) is 0.872. The number of hydrogen-bond acceptors (Lipinski definition) is 2. The van der Waals surface area contributed by atoms with E-state index >= 15 is 0 Å². The van der Waals surface area contributed by atoms with Crippen LogP contribution >= 0.6 is 11.6 Å². The van der Waals surface area contributed by atoms with Gasteiger partial charge >= 0.3 is 6.03 Å². The highest BCUT2D eigenvalue weighted by atomic mass is 35.5. The molecule has 1 fully saturated rings. The molecule has 3 amide bonds. The van der Waals surface area contributed by atoms with Crippen LogP contribution in [-0.2, 0) is 10.2 Å². The lowest BCUT2D eigenvalue weighted by Crippen LogP contribution is -2.49. The predicted octanol–water partition coefficient (Wildman–Crippen LogP) is 2.15.